The van der Waals surface area contributed by atoms with E-state index in [9.17, 15) is 5.11 Å². The van der Waals surface area contributed by atoms with Gasteiger partial charge in [0.05, 0.1) is 24.8 Å². The van der Waals surface area contributed by atoms with E-state index < -0.39 is 6.10 Å². The lowest BCUT2D eigenvalue weighted by atomic mass is 10.1. The Morgan fingerprint density at radius 3 is 2.80 bits per heavy atom. The molecular formula is C16H16N2O2. The second-order valence-corrected chi connectivity index (χ2v) is 4.37. The highest BCUT2D eigenvalue weighted by atomic mass is 16.5. The summed E-state index contributed by atoms with van der Waals surface area (Å²) in [6.45, 7) is 0.363. The van der Waals surface area contributed by atoms with Crippen LogP contribution in [0.25, 0.3) is 0 Å². The van der Waals surface area contributed by atoms with Gasteiger partial charge >= 0.3 is 0 Å². The fourth-order valence-corrected chi connectivity index (χ4v) is 1.88. The third-order valence-electron chi connectivity index (χ3n) is 2.97. The molecule has 0 aliphatic carbocycles. The summed E-state index contributed by atoms with van der Waals surface area (Å²) >= 11 is 0. The van der Waals surface area contributed by atoms with Crippen LogP contribution in [-0.4, -0.2) is 18.8 Å². The van der Waals surface area contributed by atoms with Crippen molar-refractivity contribution in [2.75, 3.05) is 19.0 Å². The third kappa shape index (κ3) is 3.50. The number of rotatable bonds is 5. The first-order chi connectivity index (χ1) is 9.72. The van der Waals surface area contributed by atoms with Gasteiger partial charge in [0.25, 0.3) is 0 Å². The van der Waals surface area contributed by atoms with Crippen LogP contribution < -0.4 is 10.1 Å². The molecule has 0 spiro atoms. The van der Waals surface area contributed by atoms with Crippen molar-refractivity contribution in [2.45, 2.75) is 6.10 Å². The smallest absolute Gasteiger partial charge is 0.119 e. The molecule has 0 aliphatic heterocycles. The molecule has 0 saturated carbocycles. The van der Waals surface area contributed by atoms with Crippen LogP contribution in [0, 0.1) is 11.3 Å². The van der Waals surface area contributed by atoms with Gasteiger partial charge in [-0.3, -0.25) is 0 Å². The molecule has 0 fully saturated rings. The molecule has 0 radical (unpaired) electrons. The van der Waals surface area contributed by atoms with Crippen molar-refractivity contribution in [1.82, 2.24) is 0 Å². The van der Waals surface area contributed by atoms with E-state index in [1.54, 1.807) is 31.4 Å². The van der Waals surface area contributed by atoms with E-state index in [4.69, 9.17) is 10.00 Å². The quantitative estimate of drug-likeness (QED) is 0.875. The first-order valence-electron chi connectivity index (χ1n) is 6.29. The number of anilines is 1. The van der Waals surface area contributed by atoms with E-state index in [-0.39, 0.29) is 0 Å². The zero-order valence-corrected chi connectivity index (χ0v) is 11.2. The maximum atomic E-state index is 10.1. The summed E-state index contributed by atoms with van der Waals surface area (Å²) in [5.41, 5.74) is 2.19. The highest BCUT2D eigenvalue weighted by molar-refractivity contribution is 5.49. The van der Waals surface area contributed by atoms with Crippen molar-refractivity contribution in [1.29, 1.82) is 5.26 Å². The number of nitrogens with zero attached hydrogens (tertiary/aromatic N) is 1. The van der Waals surface area contributed by atoms with Crippen molar-refractivity contribution in [3.05, 3.63) is 59.7 Å². The predicted molar refractivity (Wildman–Crippen MR) is 77.6 cm³/mol. The number of nitriles is 1. The van der Waals surface area contributed by atoms with Crippen LogP contribution in [0.4, 0.5) is 5.69 Å². The maximum absolute atomic E-state index is 10.1. The Morgan fingerprint density at radius 1 is 1.25 bits per heavy atom. The van der Waals surface area contributed by atoms with Crippen LogP contribution in [0.1, 0.15) is 17.2 Å². The lowest BCUT2D eigenvalue weighted by molar-refractivity contribution is 0.191. The van der Waals surface area contributed by atoms with Crippen LogP contribution in [-0.2, 0) is 0 Å². The molecule has 0 aliphatic rings. The molecule has 4 nitrogen and oxygen atoms in total. The van der Waals surface area contributed by atoms with E-state index in [1.807, 2.05) is 24.3 Å². The zero-order valence-electron chi connectivity index (χ0n) is 11.2. The number of ether oxygens (including phenoxy) is 1. The highest BCUT2D eigenvalue weighted by Gasteiger charge is 2.08. The first-order valence-corrected chi connectivity index (χ1v) is 6.29. The van der Waals surface area contributed by atoms with Gasteiger partial charge in [-0.15, -0.1) is 0 Å². The van der Waals surface area contributed by atoms with E-state index in [0.29, 0.717) is 17.9 Å². The molecule has 2 rings (SSSR count). The lowest BCUT2D eigenvalue weighted by Crippen LogP contribution is -2.12. The van der Waals surface area contributed by atoms with Gasteiger partial charge in [0.2, 0.25) is 0 Å². The average Bonchev–Trinajstić information content (AvgIpc) is 2.52. The van der Waals surface area contributed by atoms with E-state index in [0.717, 1.165) is 11.3 Å². The third-order valence-corrected chi connectivity index (χ3v) is 2.97. The van der Waals surface area contributed by atoms with Crippen molar-refractivity contribution in [3.8, 4) is 11.8 Å². The minimum absolute atomic E-state index is 0.363. The van der Waals surface area contributed by atoms with Crippen LogP contribution >= 0.6 is 0 Å². The van der Waals surface area contributed by atoms with Crippen molar-refractivity contribution in [2.24, 2.45) is 0 Å². The van der Waals surface area contributed by atoms with E-state index in [2.05, 4.69) is 11.4 Å². The molecule has 2 N–H and O–H groups in total. The number of hydrogen-bond acceptors (Lipinski definition) is 4. The van der Waals surface area contributed by atoms with Crippen LogP contribution in [0.3, 0.4) is 0 Å². The molecule has 0 saturated heterocycles. The van der Waals surface area contributed by atoms with Gasteiger partial charge in [0.15, 0.2) is 0 Å². The molecule has 0 aromatic heterocycles. The normalized spacial score (nSPS) is 11.4. The average molecular weight is 268 g/mol. The van der Waals surface area contributed by atoms with Gasteiger partial charge < -0.3 is 15.2 Å². The van der Waals surface area contributed by atoms with E-state index >= 15 is 0 Å². The Kier molecular flexibility index (Phi) is 4.59. The molecule has 102 valence electrons. The Morgan fingerprint density at radius 2 is 2.05 bits per heavy atom. The van der Waals surface area contributed by atoms with Crippen LogP contribution in [0.5, 0.6) is 5.75 Å². The second kappa shape index (κ2) is 6.60. The summed E-state index contributed by atoms with van der Waals surface area (Å²) in [5.74, 6) is 0.716. The standard InChI is InChI=1S/C16H16N2O2/c1-20-15-7-3-5-13(9-15)16(19)11-18-14-6-2-4-12(8-14)10-17/h2-9,16,18-19H,11H2,1H3. The fraction of sp³-hybridized carbons (Fsp3) is 0.188. The zero-order chi connectivity index (χ0) is 14.4. The Bertz CT molecular complexity index is 620. The van der Waals surface area contributed by atoms with Crippen molar-refractivity contribution in [3.63, 3.8) is 0 Å². The highest BCUT2D eigenvalue weighted by Crippen LogP contribution is 2.20. The van der Waals surface area contributed by atoms with Crippen LogP contribution in [0.15, 0.2) is 48.5 Å². The van der Waals surface area contributed by atoms with Gasteiger partial charge in [0.1, 0.15) is 5.75 Å². The Hall–Kier alpha value is -2.51. The first kappa shape index (κ1) is 13.9. The maximum Gasteiger partial charge on any atom is 0.119 e. The molecule has 1 unspecified atom stereocenters. The summed E-state index contributed by atoms with van der Waals surface area (Å²) in [5, 5.41) is 22.1. The SMILES string of the molecule is COc1cccc(C(O)CNc2cccc(C#N)c2)c1. The fourth-order valence-electron chi connectivity index (χ4n) is 1.88. The summed E-state index contributed by atoms with van der Waals surface area (Å²) < 4.78 is 5.13. The number of nitrogens with one attached hydrogen (secondary N) is 1. The summed E-state index contributed by atoms with van der Waals surface area (Å²) in [6, 6.07) is 16.6. The molecule has 0 bridgehead atoms. The molecule has 0 amide bonds. The number of methoxy groups -OCH3 is 1. The molecule has 2 aromatic carbocycles. The predicted octanol–water partition coefficient (Wildman–Crippen LogP) is 2.71. The Balaban J connectivity index is 2.00. The Labute approximate surface area is 118 Å². The molecular weight excluding hydrogens is 252 g/mol. The van der Waals surface area contributed by atoms with Gasteiger partial charge in [0, 0.05) is 12.2 Å². The monoisotopic (exact) mass is 268 g/mol. The molecule has 2 aromatic rings. The van der Waals surface area contributed by atoms with Crippen LogP contribution in [0.2, 0.25) is 0 Å². The number of aliphatic hydroxyl groups excluding tert-OH is 1. The van der Waals surface area contributed by atoms with Gasteiger partial charge in [-0.05, 0) is 35.9 Å². The summed E-state index contributed by atoms with van der Waals surface area (Å²) in [4.78, 5) is 0. The minimum Gasteiger partial charge on any atom is -0.497 e. The molecule has 20 heavy (non-hydrogen) atoms. The van der Waals surface area contributed by atoms with Gasteiger partial charge in [-0.1, -0.05) is 18.2 Å². The topological polar surface area (TPSA) is 65.3 Å². The summed E-state index contributed by atoms with van der Waals surface area (Å²) in [6.07, 6.45) is -0.643. The largest absolute Gasteiger partial charge is 0.497 e. The molecule has 1 atom stereocenters. The van der Waals surface area contributed by atoms with Crippen molar-refractivity contribution >= 4 is 5.69 Å². The van der Waals surface area contributed by atoms with Gasteiger partial charge in [-0.2, -0.15) is 5.26 Å². The minimum atomic E-state index is -0.643. The van der Waals surface area contributed by atoms with Gasteiger partial charge in [-0.25, -0.2) is 0 Å². The summed E-state index contributed by atoms with van der Waals surface area (Å²) in [7, 11) is 1.59. The van der Waals surface area contributed by atoms with Crippen molar-refractivity contribution < 1.29 is 9.84 Å². The van der Waals surface area contributed by atoms with E-state index in [1.165, 1.54) is 0 Å². The number of hydrogen-bond donors (Lipinski definition) is 2. The number of benzene rings is 2. The number of aliphatic hydroxyl groups is 1. The lowest BCUT2D eigenvalue weighted by Gasteiger charge is -2.14. The molecule has 4 heteroatoms. The molecule has 0 heterocycles. The second-order valence-electron chi connectivity index (χ2n) is 4.37.